The quantitative estimate of drug-likeness (QED) is 0.336. The van der Waals surface area contributed by atoms with Crippen LogP contribution in [0.1, 0.15) is 78.1 Å². The average molecular weight is 525 g/mol. The first-order chi connectivity index (χ1) is 16.5. The van der Waals surface area contributed by atoms with E-state index in [4.69, 9.17) is 0 Å². The number of hydrogen-bond donors (Lipinski definition) is 3. The van der Waals surface area contributed by atoms with E-state index in [-0.39, 0.29) is 42.4 Å². The Bertz CT molecular complexity index is 860. The molecular weight excluding hydrogens is 486 g/mol. The predicted octanol–water partition coefficient (Wildman–Crippen LogP) is 6.79. The lowest BCUT2D eigenvalue weighted by atomic mass is 9.60. The number of fused-ring (bicyclic) bond motifs is 1. The standard InChI is InChI=1S/C27H38F6O3/c1-16(6-4-13-25(36,26(28,29)30)27(31,32)33)21-10-11-22-18(7-5-12-24(21,22)3)8-9-19-14-20(34)15-23(35)17(19)2/h8-9,16,20-23,34-36H,2,4-7,10-15H2,1,3H3/b18-8+,19-9-/t16-,20-,21-,22+,23+,24-/m1/s1. The van der Waals surface area contributed by atoms with E-state index in [1.165, 1.54) is 5.57 Å². The fourth-order valence-electron chi connectivity index (χ4n) is 7.00. The smallest absolute Gasteiger partial charge is 0.393 e. The van der Waals surface area contributed by atoms with E-state index in [0.29, 0.717) is 12.0 Å². The Labute approximate surface area is 209 Å². The summed E-state index contributed by atoms with van der Waals surface area (Å²) in [6.45, 7) is 8.03. The first kappa shape index (κ1) is 29.2. The lowest BCUT2D eigenvalue weighted by Crippen LogP contribution is -2.56. The molecule has 3 aliphatic rings. The largest absolute Gasteiger partial charge is 0.426 e. The van der Waals surface area contributed by atoms with Gasteiger partial charge in [0.25, 0.3) is 5.60 Å². The van der Waals surface area contributed by atoms with E-state index >= 15 is 0 Å². The zero-order valence-corrected chi connectivity index (χ0v) is 20.9. The van der Waals surface area contributed by atoms with Crippen LogP contribution in [0.25, 0.3) is 0 Å². The van der Waals surface area contributed by atoms with Gasteiger partial charge in [-0.25, -0.2) is 0 Å². The molecule has 3 fully saturated rings. The van der Waals surface area contributed by atoms with Crippen molar-refractivity contribution < 1.29 is 41.7 Å². The van der Waals surface area contributed by atoms with Crippen LogP contribution in [0.5, 0.6) is 0 Å². The Morgan fingerprint density at radius 1 is 1.08 bits per heavy atom. The minimum atomic E-state index is -5.77. The van der Waals surface area contributed by atoms with Crippen LogP contribution in [-0.4, -0.2) is 45.5 Å². The summed E-state index contributed by atoms with van der Waals surface area (Å²) in [7, 11) is 0. The highest BCUT2D eigenvalue weighted by molar-refractivity contribution is 5.38. The molecule has 3 rings (SSSR count). The Morgan fingerprint density at radius 3 is 2.33 bits per heavy atom. The third kappa shape index (κ3) is 5.58. The van der Waals surface area contributed by atoms with E-state index in [0.717, 1.165) is 37.7 Å². The van der Waals surface area contributed by atoms with Gasteiger partial charge < -0.3 is 15.3 Å². The van der Waals surface area contributed by atoms with E-state index in [1.807, 2.05) is 13.0 Å². The molecule has 0 aromatic rings. The van der Waals surface area contributed by atoms with Gasteiger partial charge in [0.15, 0.2) is 0 Å². The normalized spacial score (nSPS) is 35.4. The molecule has 0 aromatic heterocycles. The molecule has 3 nitrogen and oxygen atoms in total. The maximum Gasteiger partial charge on any atom is 0.426 e. The molecule has 0 spiro atoms. The van der Waals surface area contributed by atoms with Crippen molar-refractivity contribution in [3.8, 4) is 0 Å². The van der Waals surface area contributed by atoms with Crippen molar-refractivity contribution in [3.05, 3.63) is 35.5 Å². The highest BCUT2D eigenvalue weighted by Crippen LogP contribution is 2.60. The van der Waals surface area contributed by atoms with Gasteiger partial charge in [-0.05, 0) is 85.7 Å². The molecule has 206 valence electrons. The summed E-state index contributed by atoms with van der Waals surface area (Å²) in [5, 5.41) is 29.5. The Balaban J connectivity index is 1.69. The van der Waals surface area contributed by atoms with Gasteiger partial charge in [0.05, 0.1) is 12.2 Å². The van der Waals surface area contributed by atoms with Gasteiger partial charge in [-0.3, -0.25) is 0 Å². The fraction of sp³-hybridized carbons (Fsp3) is 0.778. The summed E-state index contributed by atoms with van der Waals surface area (Å²) < 4.78 is 78.1. The van der Waals surface area contributed by atoms with E-state index in [9.17, 15) is 41.7 Å². The van der Waals surface area contributed by atoms with E-state index in [2.05, 4.69) is 19.6 Å². The summed E-state index contributed by atoms with van der Waals surface area (Å²) in [5.41, 5.74) is -2.08. The van der Waals surface area contributed by atoms with Crippen molar-refractivity contribution in [1.82, 2.24) is 0 Å². The van der Waals surface area contributed by atoms with Gasteiger partial charge in [-0.15, -0.1) is 0 Å². The van der Waals surface area contributed by atoms with Crippen molar-refractivity contribution in [3.63, 3.8) is 0 Å². The van der Waals surface area contributed by atoms with Crippen molar-refractivity contribution in [2.24, 2.45) is 23.2 Å². The van der Waals surface area contributed by atoms with Crippen LogP contribution in [0, 0.1) is 23.2 Å². The number of halogens is 6. The molecule has 6 atom stereocenters. The van der Waals surface area contributed by atoms with Crippen LogP contribution in [-0.2, 0) is 0 Å². The van der Waals surface area contributed by atoms with Crippen LogP contribution in [0.4, 0.5) is 26.3 Å². The summed E-state index contributed by atoms with van der Waals surface area (Å²) in [4.78, 5) is 0. The second-order valence-corrected chi connectivity index (χ2v) is 11.4. The molecule has 0 radical (unpaired) electrons. The molecule has 9 heteroatoms. The summed E-state index contributed by atoms with van der Waals surface area (Å²) in [6, 6.07) is 0. The Kier molecular flexibility index (Phi) is 8.48. The molecule has 3 N–H and O–H groups in total. The number of allylic oxidation sites excluding steroid dienone is 3. The third-order valence-corrected chi connectivity index (χ3v) is 9.12. The van der Waals surface area contributed by atoms with Crippen molar-refractivity contribution in [2.45, 2.75) is 108 Å². The van der Waals surface area contributed by atoms with Gasteiger partial charge in [0, 0.05) is 6.42 Å². The molecule has 0 unspecified atom stereocenters. The van der Waals surface area contributed by atoms with Gasteiger partial charge in [0.1, 0.15) is 0 Å². The number of alkyl halides is 6. The molecule has 0 amide bonds. The predicted molar refractivity (Wildman–Crippen MR) is 125 cm³/mol. The maximum absolute atomic E-state index is 13.0. The van der Waals surface area contributed by atoms with Crippen LogP contribution < -0.4 is 0 Å². The van der Waals surface area contributed by atoms with Crippen LogP contribution >= 0.6 is 0 Å². The van der Waals surface area contributed by atoms with Crippen LogP contribution in [0.15, 0.2) is 35.5 Å². The monoisotopic (exact) mass is 524 g/mol. The summed E-state index contributed by atoms with van der Waals surface area (Å²) in [5.74, 6) is 0.355. The van der Waals surface area contributed by atoms with E-state index < -0.39 is 36.6 Å². The van der Waals surface area contributed by atoms with Crippen LogP contribution in [0.3, 0.4) is 0 Å². The number of aliphatic hydroxyl groups is 3. The van der Waals surface area contributed by atoms with Crippen molar-refractivity contribution >= 4 is 0 Å². The molecule has 3 aliphatic carbocycles. The molecule has 0 saturated heterocycles. The lowest BCUT2D eigenvalue weighted by molar-refractivity contribution is -0.370. The number of rotatable bonds is 6. The summed E-state index contributed by atoms with van der Waals surface area (Å²) >= 11 is 0. The minimum Gasteiger partial charge on any atom is -0.393 e. The maximum atomic E-state index is 13.0. The van der Waals surface area contributed by atoms with Crippen molar-refractivity contribution in [2.75, 3.05) is 0 Å². The first-order valence-electron chi connectivity index (χ1n) is 12.8. The lowest BCUT2D eigenvalue weighted by Gasteiger charge is -2.44. The van der Waals surface area contributed by atoms with Gasteiger partial charge in [0.2, 0.25) is 0 Å². The molecule has 0 heterocycles. The zero-order valence-electron chi connectivity index (χ0n) is 20.9. The molecule has 36 heavy (non-hydrogen) atoms. The second kappa shape index (κ2) is 10.4. The van der Waals surface area contributed by atoms with Gasteiger partial charge in [-0.2, -0.15) is 26.3 Å². The molecule has 0 aliphatic heterocycles. The highest BCUT2D eigenvalue weighted by atomic mass is 19.4. The SMILES string of the molecule is C=C1/C(=C\C=C2/CCC[C@]3(C)[C@@H]([C@H](C)CCCC(O)(C(F)(F)F)C(F)(F)F)CC[C@@H]23)C[C@@H](O)C[C@@H]1O. The zero-order chi connectivity index (χ0) is 27.1. The van der Waals surface area contributed by atoms with Gasteiger partial charge in [-0.1, -0.05) is 44.6 Å². The molecule has 0 bridgehead atoms. The number of aliphatic hydroxyl groups excluding tert-OH is 2. The molecule has 0 aromatic carbocycles. The minimum absolute atomic E-state index is 0.0770. The van der Waals surface area contributed by atoms with E-state index in [1.54, 1.807) is 0 Å². The first-order valence-corrected chi connectivity index (χ1v) is 12.8. The summed E-state index contributed by atoms with van der Waals surface area (Å²) in [6.07, 6.45) is -5.24. The third-order valence-electron chi connectivity index (χ3n) is 9.12. The van der Waals surface area contributed by atoms with Crippen molar-refractivity contribution in [1.29, 1.82) is 0 Å². The molecule has 3 saturated carbocycles. The van der Waals surface area contributed by atoms with Crippen LogP contribution in [0.2, 0.25) is 0 Å². The fourth-order valence-corrected chi connectivity index (χ4v) is 7.00. The topological polar surface area (TPSA) is 60.7 Å². The Hall–Kier alpha value is -1.32. The number of hydrogen-bond acceptors (Lipinski definition) is 3. The van der Waals surface area contributed by atoms with Gasteiger partial charge >= 0.3 is 12.4 Å². The second-order valence-electron chi connectivity index (χ2n) is 11.4. The highest BCUT2D eigenvalue weighted by Gasteiger charge is 2.69. The molecular formula is C27H38F6O3. The average Bonchev–Trinajstić information content (AvgIpc) is 3.11. The Morgan fingerprint density at radius 2 is 1.72 bits per heavy atom.